The van der Waals surface area contributed by atoms with E-state index in [1.807, 2.05) is 35.1 Å². The Morgan fingerprint density at radius 2 is 2.00 bits per heavy atom. The van der Waals surface area contributed by atoms with Crippen LogP contribution in [-0.4, -0.2) is 43.5 Å². The molecule has 29 heavy (non-hydrogen) atoms. The Labute approximate surface area is 169 Å². The van der Waals surface area contributed by atoms with Crippen LogP contribution in [0.1, 0.15) is 48.0 Å². The zero-order chi connectivity index (χ0) is 19.6. The summed E-state index contributed by atoms with van der Waals surface area (Å²) in [5.74, 6) is 1.77. The second kappa shape index (κ2) is 7.79. The summed E-state index contributed by atoms with van der Waals surface area (Å²) in [6.07, 6.45) is 7.44. The molecule has 1 amide bonds. The van der Waals surface area contributed by atoms with E-state index in [0.29, 0.717) is 11.7 Å². The first-order valence-electron chi connectivity index (χ1n) is 10.4. The molecule has 5 rings (SSSR count). The van der Waals surface area contributed by atoms with Gasteiger partial charge in [0.1, 0.15) is 5.82 Å². The molecule has 3 aromatic rings. The van der Waals surface area contributed by atoms with Gasteiger partial charge in [-0.15, -0.1) is 10.2 Å². The van der Waals surface area contributed by atoms with Crippen molar-refractivity contribution in [1.82, 2.24) is 29.9 Å². The Hall–Kier alpha value is -3.00. The maximum absolute atomic E-state index is 12.6. The molecule has 0 radical (unpaired) electrons. The summed E-state index contributed by atoms with van der Waals surface area (Å²) in [4.78, 5) is 12.6. The molecule has 0 bridgehead atoms. The number of rotatable bonds is 4. The molecule has 8 heteroatoms. The average Bonchev–Trinajstić information content (AvgIpc) is 3.43. The number of anilines is 1. The molecule has 2 aromatic heterocycles. The minimum atomic E-state index is -0.194. The van der Waals surface area contributed by atoms with E-state index in [-0.39, 0.29) is 5.91 Å². The van der Waals surface area contributed by atoms with Gasteiger partial charge in [0.2, 0.25) is 0 Å². The van der Waals surface area contributed by atoms with Crippen LogP contribution in [0.25, 0.3) is 11.4 Å². The maximum atomic E-state index is 12.6. The highest BCUT2D eigenvalue weighted by molar-refractivity contribution is 6.02. The summed E-state index contributed by atoms with van der Waals surface area (Å²) in [6.45, 7) is 2.92. The highest BCUT2D eigenvalue weighted by Crippen LogP contribution is 2.24. The SMILES string of the molecule is O=C(Nc1ccc(-c2nnc3n2CCCC3)cc1)c1ccn(C2CCCNC2)n1. The summed E-state index contributed by atoms with van der Waals surface area (Å²) in [7, 11) is 0. The summed E-state index contributed by atoms with van der Waals surface area (Å²) in [5, 5.41) is 19.5. The van der Waals surface area contributed by atoms with Crippen molar-refractivity contribution < 1.29 is 4.79 Å². The van der Waals surface area contributed by atoms with Crippen LogP contribution in [0.2, 0.25) is 0 Å². The predicted molar refractivity (Wildman–Crippen MR) is 110 cm³/mol. The van der Waals surface area contributed by atoms with Crippen LogP contribution in [0.4, 0.5) is 5.69 Å². The largest absolute Gasteiger partial charge is 0.321 e. The minimum absolute atomic E-state index is 0.194. The fraction of sp³-hybridized carbons (Fsp3) is 0.429. The van der Waals surface area contributed by atoms with Gasteiger partial charge in [-0.1, -0.05) is 0 Å². The third-order valence-corrected chi connectivity index (χ3v) is 5.75. The van der Waals surface area contributed by atoms with Gasteiger partial charge in [-0.3, -0.25) is 9.48 Å². The highest BCUT2D eigenvalue weighted by Gasteiger charge is 2.19. The van der Waals surface area contributed by atoms with E-state index in [9.17, 15) is 4.79 Å². The molecule has 1 aromatic carbocycles. The van der Waals surface area contributed by atoms with Crippen LogP contribution in [0.5, 0.6) is 0 Å². The van der Waals surface area contributed by atoms with Crippen LogP contribution in [-0.2, 0) is 13.0 Å². The normalized spacial score (nSPS) is 19.0. The van der Waals surface area contributed by atoms with Crippen LogP contribution in [0, 0.1) is 0 Å². The third-order valence-electron chi connectivity index (χ3n) is 5.75. The van der Waals surface area contributed by atoms with Gasteiger partial charge in [0.25, 0.3) is 5.91 Å². The fourth-order valence-electron chi connectivity index (χ4n) is 4.14. The number of carbonyl (C=O) groups is 1. The second-order valence-corrected chi connectivity index (χ2v) is 7.76. The van der Waals surface area contributed by atoms with Crippen LogP contribution in [0.3, 0.4) is 0 Å². The lowest BCUT2D eigenvalue weighted by Crippen LogP contribution is -2.32. The van der Waals surface area contributed by atoms with Gasteiger partial charge in [0, 0.05) is 37.0 Å². The lowest BCUT2D eigenvalue weighted by Gasteiger charge is -2.22. The number of fused-ring (bicyclic) bond motifs is 1. The fourth-order valence-corrected chi connectivity index (χ4v) is 4.14. The lowest BCUT2D eigenvalue weighted by molar-refractivity contribution is 0.102. The number of aryl methyl sites for hydroxylation is 1. The average molecular weight is 391 g/mol. The van der Waals surface area contributed by atoms with Gasteiger partial charge in [-0.2, -0.15) is 5.10 Å². The number of nitrogens with one attached hydrogen (secondary N) is 2. The van der Waals surface area contributed by atoms with Crippen molar-refractivity contribution in [2.75, 3.05) is 18.4 Å². The summed E-state index contributed by atoms with van der Waals surface area (Å²) in [6, 6.07) is 9.86. The number of piperidine rings is 1. The quantitative estimate of drug-likeness (QED) is 0.714. The summed E-state index contributed by atoms with van der Waals surface area (Å²) in [5.41, 5.74) is 2.19. The molecular weight excluding hydrogens is 366 g/mol. The van der Waals surface area contributed by atoms with E-state index in [1.165, 1.54) is 6.42 Å². The molecule has 150 valence electrons. The Morgan fingerprint density at radius 1 is 1.10 bits per heavy atom. The van der Waals surface area contributed by atoms with E-state index >= 15 is 0 Å². The molecule has 0 saturated carbocycles. The molecule has 1 unspecified atom stereocenters. The van der Waals surface area contributed by atoms with Crippen molar-refractivity contribution in [2.45, 2.75) is 44.7 Å². The van der Waals surface area contributed by atoms with Crippen LogP contribution >= 0.6 is 0 Å². The molecule has 4 heterocycles. The summed E-state index contributed by atoms with van der Waals surface area (Å²) >= 11 is 0. The van der Waals surface area contributed by atoms with Crippen LogP contribution in [0.15, 0.2) is 36.5 Å². The predicted octanol–water partition coefficient (Wildman–Crippen LogP) is 2.65. The Bertz CT molecular complexity index is 998. The number of amides is 1. The Balaban J connectivity index is 1.27. The van der Waals surface area contributed by atoms with Crippen molar-refractivity contribution in [1.29, 1.82) is 0 Å². The first-order chi connectivity index (χ1) is 14.3. The minimum Gasteiger partial charge on any atom is -0.321 e. The smallest absolute Gasteiger partial charge is 0.276 e. The molecule has 0 aliphatic carbocycles. The van der Waals surface area contributed by atoms with Crippen molar-refractivity contribution >= 4 is 11.6 Å². The first-order valence-corrected chi connectivity index (χ1v) is 10.4. The number of carbonyl (C=O) groups excluding carboxylic acids is 1. The van der Waals surface area contributed by atoms with Crippen LogP contribution < -0.4 is 10.6 Å². The molecule has 0 spiro atoms. The van der Waals surface area contributed by atoms with Crippen molar-refractivity contribution in [2.24, 2.45) is 0 Å². The molecule has 8 nitrogen and oxygen atoms in total. The number of hydrogen-bond acceptors (Lipinski definition) is 5. The van der Waals surface area contributed by atoms with E-state index in [2.05, 4.69) is 30.5 Å². The van der Waals surface area contributed by atoms with Gasteiger partial charge in [-0.05, 0) is 62.6 Å². The van der Waals surface area contributed by atoms with Gasteiger partial charge in [0.05, 0.1) is 6.04 Å². The molecule has 2 aliphatic rings. The van der Waals surface area contributed by atoms with Crippen molar-refractivity contribution in [3.8, 4) is 11.4 Å². The third kappa shape index (κ3) is 3.67. The number of hydrogen-bond donors (Lipinski definition) is 2. The standard InChI is InChI=1S/C21H25N7O/c29-21(18-10-13-28(26-18)17-4-3-11-22-14-17)23-16-8-6-15(7-9-16)20-25-24-19-5-1-2-12-27(19)20/h6-10,13,17,22H,1-5,11-12,14H2,(H,23,29). The van der Waals surface area contributed by atoms with E-state index < -0.39 is 0 Å². The topological polar surface area (TPSA) is 89.7 Å². The Kier molecular flexibility index (Phi) is 4.85. The first kappa shape index (κ1) is 18.1. The molecule has 1 fully saturated rings. The molecule has 2 aliphatic heterocycles. The monoisotopic (exact) mass is 391 g/mol. The van der Waals surface area contributed by atoms with Crippen molar-refractivity contribution in [3.05, 3.63) is 48.0 Å². The van der Waals surface area contributed by atoms with E-state index in [1.54, 1.807) is 6.07 Å². The van der Waals surface area contributed by atoms with Gasteiger partial charge in [0.15, 0.2) is 11.5 Å². The second-order valence-electron chi connectivity index (χ2n) is 7.76. The molecular formula is C21H25N7O. The zero-order valence-electron chi connectivity index (χ0n) is 16.3. The number of benzene rings is 1. The summed E-state index contributed by atoms with van der Waals surface area (Å²) < 4.78 is 4.10. The Morgan fingerprint density at radius 3 is 2.83 bits per heavy atom. The van der Waals surface area contributed by atoms with E-state index in [4.69, 9.17) is 0 Å². The van der Waals surface area contributed by atoms with Gasteiger partial charge >= 0.3 is 0 Å². The zero-order valence-corrected chi connectivity index (χ0v) is 16.3. The van der Waals surface area contributed by atoms with Gasteiger partial charge in [-0.25, -0.2) is 0 Å². The molecule has 1 atom stereocenters. The molecule has 1 saturated heterocycles. The van der Waals surface area contributed by atoms with E-state index in [0.717, 1.165) is 68.2 Å². The lowest BCUT2D eigenvalue weighted by atomic mass is 10.1. The van der Waals surface area contributed by atoms with Gasteiger partial charge < -0.3 is 15.2 Å². The number of aromatic nitrogens is 5. The number of nitrogens with zero attached hydrogens (tertiary/aromatic N) is 5. The maximum Gasteiger partial charge on any atom is 0.276 e. The molecule has 2 N–H and O–H groups in total. The highest BCUT2D eigenvalue weighted by atomic mass is 16.1. The van der Waals surface area contributed by atoms with Crippen molar-refractivity contribution in [3.63, 3.8) is 0 Å².